The molecule has 0 N–H and O–H groups in total. The van der Waals surface area contributed by atoms with Crippen LogP contribution in [0, 0.1) is 34.5 Å². The van der Waals surface area contributed by atoms with Crippen molar-refractivity contribution in [3.63, 3.8) is 0 Å². The lowest BCUT2D eigenvalue weighted by molar-refractivity contribution is -0.211. The fraction of sp³-hybridized carbons (Fsp3) is 0.769. The first-order valence-electron chi connectivity index (χ1n) is 24.1. The predicted molar refractivity (Wildman–Crippen MR) is 246 cm³/mol. The van der Waals surface area contributed by atoms with Gasteiger partial charge in [-0.25, -0.2) is 0 Å². The highest BCUT2D eigenvalue weighted by Crippen LogP contribution is 2.64. The fourth-order valence-electron chi connectivity index (χ4n) is 14.3. The van der Waals surface area contributed by atoms with E-state index < -0.39 is 0 Å². The number of anilines is 2. The van der Waals surface area contributed by atoms with E-state index in [-0.39, 0.29) is 22.3 Å². The molecule has 14 unspecified atom stereocenters. The predicted octanol–water partition coefficient (Wildman–Crippen LogP) is 11.9. The summed E-state index contributed by atoms with van der Waals surface area (Å²) in [5.74, 6) is 3.18. The summed E-state index contributed by atoms with van der Waals surface area (Å²) in [7, 11) is 0. The van der Waals surface area contributed by atoms with Crippen molar-refractivity contribution in [1.82, 2.24) is 4.81 Å². The van der Waals surface area contributed by atoms with Gasteiger partial charge >= 0.3 is 0 Å². The van der Waals surface area contributed by atoms with Crippen molar-refractivity contribution in [2.24, 2.45) is 34.5 Å². The summed E-state index contributed by atoms with van der Waals surface area (Å²) in [5, 5.41) is 1.08. The average Bonchev–Trinajstić information content (AvgIpc) is 3.16. The number of hydrogen-bond donors (Lipinski definition) is 0. The Labute approximate surface area is 358 Å². The first kappa shape index (κ1) is 40.6. The molecule has 0 amide bonds. The molecule has 4 aliphatic carbocycles. The fourth-order valence-corrected chi connectivity index (χ4v) is 16.2. The topological polar surface area (TPSA) is 24.9 Å². The van der Waals surface area contributed by atoms with E-state index in [4.69, 9.17) is 9.47 Å². The molecule has 4 aliphatic heterocycles. The second kappa shape index (κ2) is 14.0. The van der Waals surface area contributed by atoms with Crippen LogP contribution < -0.4 is 10.4 Å². The Bertz CT molecular complexity index is 1850. The van der Waals surface area contributed by atoms with Gasteiger partial charge in [-0.15, -0.1) is 11.8 Å². The van der Waals surface area contributed by atoms with Gasteiger partial charge in [0, 0.05) is 34.8 Å². The lowest BCUT2D eigenvalue weighted by atomic mass is 9.30. The molecule has 2 aromatic carbocycles. The highest BCUT2D eigenvalue weighted by Gasteiger charge is 2.69. The molecule has 0 radical (unpaired) electrons. The summed E-state index contributed by atoms with van der Waals surface area (Å²) in [5.41, 5.74) is 8.10. The van der Waals surface area contributed by atoms with Gasteiger partial charge in [-0.3, -0.25) is 0 Å². The van der Waals surface area contributed by atoms with E-state index in [1.807, 2.05) is 0 Å². The van der Waals surface area contributed by atoms with Gasteiger partial charge in [-0.1, -0.05) is 120 Å². The van der Waals surface area contributed by atoms with Crippen LogP contribution in [-0.2, 0) is 20.3 Å². The number of hydrogen-bond acceptors (Lipinski definition) is 5. The Balaban J connectivity index is 1.17. The number of benzene rings is 2. The lowest BCUT2D eigenvalue weighted by Crippen LogP contribution is -2.81. The molecule has 3 saturated heterocycles. The molecule has 58 heavy (non-hydrogen) atoms. The van der Waals surface area contributed by atoms with Crippen LogP contribution in [0.4, 0.5) is 11.4 Å². The van der Waals surface area contributed by atoms with Gasteiger partial charge in [0.25, 0.3) is 6.85 Å². The third-order valence-electron chi connectivity index (χ3n) is 17.6. The van der Waals surface area contributed by atoms with Crippen LogP contribution in [0.25, 0.3) is 0 Å². The molecule has 0 bridgehead atoms. The molecule has 316 valence electrons. The molecule has 4 heterocycles. The maximum atomic E-state index is 7.84. The minimum atomic E-state index is 0.0718. The molecule has 4 nitrogen and oxygen atoms in total. The summed E-state index contributed by atoms with van der Waals surface area (Å²) < 4.78 is 15.3. The zero-order valence-electron chi connectivity index (χ0n) is 38.4. The van der Waals surface area contributed by atoms with Crippen LogP contribution in [-0.4, -0.2) is 64.7 Å². The zero-order valence-corrected chi connectivity index (χ0v) is 39.2. The zero-order chi connectivity index (χ0) is 40.8. The number of thioether (sulfide) groups is 1. The van der Waals surface area contributed by atoms with E-state index in [1.54, 1.807) is 5.46 Å². The minimum absolute atomic E-state index is 0.0718. The van der Waals surface area contributed by atoms with Crippen LogP contribution in [0.3, 0.4) is 0 Å². The average molecular weight is 805 g/mol. The minimum Gasteiger partial charge on any atom is -0.373 e. The lowest BCUT2D eigenvalue weighted by Gasteiger charge is -2.70. The molecular formula is C52H77BN2O2S. The summed E-state index contributed by atoms with van der Waals surface area (Å²) in [6.07, 6.45) is 14.2. The van der Waals surface area contributed by atoms with E-state index in [0.29, 0.717) is 88.7 Å². The second-order valence-corrected chi connectivity index (χ2v) is 26.5. The summed E-state index contributed by atoms with van der Waals surface area (Å²) >= 11 is 2.33. The van der Waals surface area contributed by atoms with E-state index in [9.17, 15) is 0 Å². The van der Waals surface area contributed by atoms with Gasteiger partial charge in [-0.2, -0.15) is 0 Å². The number of morpholine rings is 1. The number of nitrogens with zero attached hydrogens (tertiary/aromatic N) is 2. The van der Waals surface area contributed by atoms with Crippen molar-refractivity contribution < 1.29 is 9.47 Å². The maximum Gasteiger partial charge on any atom is 0.266 e. The smallest absolute Gasteiger partial charge is 0.266 e. The molecule has 8 aliphatic rings. The summed E-state index contributed by atoms with van der Waals surface area (Å²) in [6, 6.07) is 19.1. The van der Waals surface area contributed by atoms with Crippen molar-refractivity contribution in [2.45, 2.75) is 217 Å². The Kier molecular flexibility index (Phi) is 9.81. The van der Waals surface area contributed by atoms with Crippen molar-refractivity contribution >= 4 is 35.4 Å². The number of rotatable bonds is 1. The van der Waals surface area contributed by atoms with Gasteiger partial charge in [0.2, 0.25) is 0 Å². The molecule has 0 spiro atoms. The third-order valence-corrected chi connectivity index (χ3v) is 19.4. The molecule has 0 aromatic heterocycles. The van der Waals surface area contributed by atoms with Gasteiger partial charge in [0.05, 0.1) is 29.7 Å². The first-order chi connectivity index (χ1) is 27.3. The SMILES string of the molecule is CC(C)(C)c1ccc(N2c3cc(C(C)(C)C)ccc3B3C4C(CC(C(C)(C)C)CC42)C2CC4OC5CCCCC5SC4C4OC5CC(C(C)(C)C)CCC5N3C24)cc1. The molecule has 10 rings (SSSR count). The normalized spacial score (nSPS) is 40.1. The highest BCUT2D eigenvalue weighted by atomic mass is 32.2. The first-order valence-corrected chi connectivity index (χ1v) is 25.0. The van der Waals surface area contributed by atoms with Crippen molar-refractivity contribution in [3.05, 3.63) is 53.6 Å². The van der Waals surface area contributed by atoms with Crippen LogP contribution in [0.5, 0.6) is 0 Å². The van der Waals surface area contributed by atoms with Crippen molar-refractivity contribution in [3.8, 4) is 0 Å². The van der Waals surface area contributed by atoms with E-state index in [2.05, 4.69) is 147 Å². The Hall–Kier alpha value is -1.47. The molecule has 7 fully saturated rings. The van der Waals surface area contributed by atoms with Crippen LogP contribution in [0.2, 0.25) is 5.82 Å². The maximum absolute atomic E-state index is 7.84. The Morgan fingerprint density at radius 3 is 2.00 bits per heavy atom. The quantitative estimate of drug-likeness (QED) is 0.267. The van der Waals surface area contributed by atoms with Crippen LogP contribution in [0.15, 0.2) is 42.5 Å². The molecule has 2 aromatic rings. The number of fused-ring (bicyclic) bond motifs is 9. The van der Waals surface area contributed by atoms with Gasteiger partial charge in [0.15, 0.2) is 0 Å². The molecule has 6 heteroatoms. The van der Waals surface area contributed by atoms with Gasteiger partial charge < -0.3 is 19.2 Å². The van der Waals surface area contributed by atoms with E-state index in [0.717, 1.165) is 0 Å². The van der Waals surface area contributed by atoms with Gasteiger partial charge in [-0.05, 0) is 137 Å². The summed E-state index contributed by atoms with van der Waals surface area (Å²) in [6.45, 7) is 29.8. The molecule has 14 atom stereocenters. The monoisotopic (exact) mass is 805 g/mol. The largest absolute Gasteiger partial charge is 0.373 e. The van der Waals surface area contributed by atoms with Crippen molar-refractivity contribution in [2.75, 3.05) is 4.90 Å². The summed E-state index contributed by atoms with van der Waals surface area (Å²) in [4.78, 5) is 6.17. The van der Waals surface area contributed by atoms with Gasteiger partial charge in [0.1, 0.15) is 0 Å². The van der Waals surface area contributed by atoms with Crippen LogP contribution in [0.1, 0.15) is 158 Å². The molecule has 4 saturated carbocycles. The standard InChI is InChI=1S/C52H77BN2O2S/c1-49(2,3)30-17-21-34(22-18-30)54-39-26-31(50(4,5)6)19-23-37(39)53-45-35(25-33(27-40(45)54)52(10,11)12)36-29-43-48(58-44-16-14-13-15-41(44)56-43)47-46(36)55(53)38-24-20-32(51(7,8)9)28-42(38)57-47/h17-19,21-23,26,32-33,35-36,38,40-48H,13-16,20,24-25,27-29H2,1-12H3. The Morgan fingerprint density at radius 1 is 0.621 bits per heavy atom. The molecular weight excluding hydrogens is 727 g/mol. The van der Waals surface area contributed by atoms with Crippen molar-refractivity contribution in [1.29, 1.82) is 0 Å². The highest BCUT2D eigenvalue weighted by molar-refractivity contribution is 8.00. The number of ether oxygens (including phenoxy) is 2. The van der Waals surface area contributed by atoms with Crippen LogP contribution >= 0.6 is 11.8 Å². The second-order valence-electron chi connectivity index (χ2n) is 25.0. The van der Waals surface area contributed by atoms with E-state index in [1.165, 1.54) is 86.7 Å². The van der Waals surface area contributed by atoms with E-state index >= 15 is 0 Å². The third kappa shape index (κ3) is 6.63. The Morgan fingerprint density at radius 2 is 1.31 bits per heavy atom.